The summed E-state index contributed by atoms with van der Waals surface area (Å²) in [7, 11) is 2.89. The van der Waals surface area contributed by atoms with Gasteiger partial charge in [0.25, 0.3) is 5.91 Å². The number of aryl methyl sites for hydroxylation is 1. The molecule has 88 valence electrons. The lowest BCUT2D eigenvalue weighted by atomic mass is 10.3. The number of methoxy groups -OCH3 is 1. The highest BCUT2D eigenvalue weighted by atomic mass is 16.5. The van der Waals surface area contributed by atoms with Crippen molar-refractivity contribution in [1.82, 2.24) is 14.9 Å². The molecule has 1 unspecified atom stereocenters. The Morgan fingerprint density at radius 3 is 2.81 bits per heavy atom. The summed E-state index contributed by atoms with van der Waals surface area (Å²) in [5.41, 5.74) is 0.171. The molecule has 0 aliphatic rings. The molecule has 7 heteroatoms. The fourth-order valence-corrected chi connectivity index (χ4v) is 1.08. The minimum Gasteiger partial charge on any atom is -0.467 e. The van der Waals surface area contributed by atoms with Crippen LogP contribution in [0.5, 0.6) is 0 Å². The highest BCUT2D eigenvalue weighted by Crippen LogP contribution is 1.96. The van der Waals surface area contributed by atoms with Gasteiger partial charge in [0.15, 0.2) is 6.04 Å². The van der Waals surface area contributed by atoms with Gasteiger partial charge in [-0.3, -0.25) is 4.79 Å². The number of aromatic nitrogens is 2. The van der Waals surface area contributed by atoms with Crippen LogP contribution in [0.2, 0.25) is 0 Å². The van der Waals surface area contributed by atoms with E-state index < -0.39 is 24.5 Å². The van der Waals surface area contributed by atoms with Crippen LogP contribution in [-0.2, 0) is 16.6 Å². The fourth-order valence-electron chi connectivity index (χ4n) is 1.08. The number of imidazole rings is 1. The van der Waals surface area contributed by atoms with Crippen molar-refractivity contribution >= 4 is 11.9 Å². The van der Waals surface area contributed by atoms with Crippen LogP contribution in [0, 0.1) is 0 Å². The van der Waals surface area contributed by atoms with Gasteiger partial charge in [0.2, 0.25) is 0 Å². The van der Waals surface area contributed by atoms with Crippen LogP contribution >= 0.6 is 0 Å². The van der Waals surface area contributed by atoms with Crippen molar-refractivity contribution in [1.29, 1.82) is 0 Å². The summed E-state index contributed by atoms with van der Waals surface area (Å²) in [6, 6.07) is -1.07. The van der Waals surface area contributed by atoms with Gasteiger partial charge in [-0.2, -0.15) is 0 Å². The molecule has 0 radical (unpaired) electrons. The van der Waals surface area contributed by atoms with Gasteiger partial charge in [0.05, 0.1) is 20.0 Å². The van der Waals surface area contributed by atoms with Gasteiger partial charge < -0.3 is 19.7 Å². The van der Waals surface area contributed by atoms with Gasteiger partial charge in [-0.1, -0.05) is 0 Å². The molecule has 1 heterocycles. The number of aliphatic hydroxyl groups is 1. The highest BCUT2D eigenvalue weighted by molar-refractivity contribution is 5.95. The van der Waals surface area contributed by atoms with Crippen molar-refractivity contribution < 1.29 is 19.4 Å². The highest BCUT2D eigenvalue weighted by Gasteiger charge is 2.21. The van der Waals surface area contributed by atoms with Crippen molar-refractivity contribution in [2.24, 2.45) is 7.05 Å². The van der Waals surface area contributed by atoms with Crippen LogP contribution in [0.4, 0.5) is 0 Å². The Labute approximate surface area is 92.0 Å². The van der Waals surface area contributed by atoms with E-state index in [1.807, 2.05) is 0 Å². The Balaban J connectivity index is 2.66. The second-order valence-corrected chi connectivity index (χ2v) is 3.16. The molecule has 0 aliphatic heterocycles. The third kappa shape index (κ3) is 2.80. The Morgan fingerprint density at radius 1 is 1.69 bits per heavy atom. The molecule has 0 saturated carbocycles. The van der Waals surface area contributed by atoms with E-state index in [4.69, 9.17) is 5.11 Å². The van der Waals surface area contributed by atoms with Crippen molar-refractivity contribution in [3.63, 3.8) is 0 Å². The van der Waals surface area contributed by atoms with Gasteiger partial charge in [-0.25, -0.2) is 9.78 Å². The van der Waals surface area contributed by atoms with Gasteiger partial charge in [-0.15, -0.1) is 0 Å². The minimum atomic E-state index is -1.07. The summed E-state index contributed by atoms with van der Waals surface area (Å²) in [6.07, 6.45) is 2.96. The van der Waals surface area contributed by atoms with Crippen molar-refractivity contribution in [2.45, 2.75) is 6.04 Å². The topological polar surface area (TPSA) is 93.5 Å². The number of amides is 1. The van der Waals surface area contributed by atoms with E-state index in [1.165, 1.54) is 19.6 Å². The number of hydrogen-bond acceptors (Lipinski definition) is 5. The standard InChI is InChI=1S/C9H13N3O4/c1-12-3-6(10-5-12)8(14)11-7(4-13)9(15)16-2/h3,5,7,13H,4H2,1-2H3,(H,11,14). The Bertz CT molecular complexity index is 388. The lowest BCUT2D eigenvalue weighted by molar-refractivity contribution is -0.143. The quantitative estimate of drug-likeness (QED) is 0.622. The lowest BCUT2D eigenvalue weighted by Crippen LogP contribution is -2.44. The molecule has 7 nitrogen and oxygen atoms in total. The number of esters is 1. The first kappa shape index (κ1) is 12.2. The number of carbonyl (C=O) groups excluding carboxylic acids is 2. The molecule has 1 atom stereocenters. The van der Waals surface area contributed by atoms with Gasteiger partial charge >= 0.3 is 5.97 Å². The molecular formula is C9H13N3O4. The van der Waals surface area contributed by atoms with E-state index in [9.17, 15) is 9.59 Å². The van der Waals surface area contributed by atoms with E-state index in [0.29, 0.717) is 0 Å². The van der Waals surface area contributed by atoms with Gasteiger partial charge in [0, 0.05) is 13.2 Å². The monoisotopic (exact) mass is 227 g/mol. The van der Waals surface area contributed by atoms with Crippen LogP contribution in [0.15, 0.2) is 12.5 Å². The maximum atomic E-state index is 11.5. The molecule has 1 aromatic rings. The Kier molecular flexibility index (Phi) is 4.01. The molecule has 1 aromatic heterocycles. The van der Waals surface area contributed by atoms with Crippen LogP contribution < -0.4 is 5.32 Å². The van der Waals surface area contributed by atoms with Crippen LogP contribution in [0.25, 0.3) is 0 Å². The van der Waals surface area contributed by atoms with E-state index >= 15 is 0 Å². The van der Waals surface area contributed by atoms with Gasteiger partial charge in [0.1, 0.15) is 5.69 Å². The van der Waals surface area contributed by atoms with Crippen molar-refractivity contribution in [3.05, 3.63) is 18.2 Å². The first-order valence-electron chi connectivity index (χ1n) is 4.56. The zero-order valence-corrected chi connectivity index (χ0v) is 9.01. The van der Waals surface area contributed by atoms with Crippen LogP contribution in [-0.4, -0.2) is 46.3 Å². The summed E-state index contributed by atoms with van der Waals surface area (Å²) in [5, 5.41) is 11.2. The lowest BCUT2D eigenvalue weighted by Gasteiger charge is -2.12. The molecule has 1 rings (SSSR count). The Morgan fingerprint density at radius 2 is 2.38 bits per heavy atom. The largest absolute Gasteiger partial charge is 0.467 e. The van der Waals surface area contributed by atoms with Crippen LogP contribution in [0.3, 0.4) is 0 Å². The number of nitrogens with one attached hydrogen (secondary N) is 1. The third-order valence-electron chi connectivity index (χ3n) is 1.91. The molecule has 0 fully saturated rings. The summed E-state index contributed by atoms with van der Waals surface area (Å²) < 4.78 is 6.00. The number of aliphatic hydroxyl groups excluding tert-OH is 1. The first-order chi connectivity index (χ1) is 7.58. The number of nitrogens with zero attached hydrogens (tertiary/aromatic N) is 2. The van der Waals surface area contributed by atoms with E-state index in [2.05, 4.69) is 15.0 Å². The molecule has 0 aliphatic carbocycles. The Hall–Kier alpha value is -1.89. The second-order valence-electron chi connectivity index (χ2n) is 3.16. The fraction of sp³-hybridized carbons (Fsp3) is 0.444. The predicted octanol–water partition coefficient (Wildman–Crippen LogP) is -1.32. The molecule has 0 spiro atoms. The number of hydrogen-bond donors (Lipinski definition) is 2. The number of ether oxygens (including phenoxy) is 1. The smallest absolute Gasteiger partial charge is 0.330 e. The maximum absolute atomic E-state index is 11.5. The maximum Gasteiger partial charge on any atom is 0.330 e. The SMILES string of the molecule is COC(=O)C(CO)NC(=O)c1cn(C)cn1. The van der Waals surface area contributed by atoms with Gasteiger partial charge in [-0.05, 0) is 0 Å². The summed E-state index contributed by atoms with van der Waals surface area (Å²) >= 11 is 0. The predicted molar refractivity (Wildman–Crippen MR) is 53.6 cm³/mol. The number of rotatable bonds is 4. The second kappa shape index (κ2) is 5.26. The summed E-state index contributed by atoms with van der Waals surface area (Å²) in [4.78, 5) is 26.4. The molecular weight excluding hydrogens is 214 g/mol. The zero-order chi connectivity index (χ0) is 12.1. The molecule has 1 amide bonds. The van der Waals surface area contributed by atoms with E-state index in [0.717, 1.165) is 0 Å². The van der Waals surface area contributed by atoms with E-state index in [-0.39, 0.29) is 5.69 Å². The minimum absolute atomic E-state index is 0.171. The third-order valence-corrected chi connectivity index (χ3v) is 1.91. The first-order valence-corrected chi connectivity index (χ1v) is 4.56. The molecule has 16 heavy (non-hydrogen) atoms. The molecule has 2 N–H and O–H groups in total. The summed E-state index contributed by atoms with van der Waals surface area (Å²) in [5.74, 6) is -1.24. The summed E-state index contributed by atoms with van der Waals surface area (Å²) in [6.45, 7) is -0.523. The molecule has 0 aromatic carbocycles. The number of carbonyl (C=O) groups is 2. The average molecular weight is 227 g/mol. The average Bonchev–Trinajstić information content (AvgIpc) is 2.71. The molecule has 0 saturated heterocycles. The normalized spacial score (nSPS) is 11.9. The zero-order valence-electron chi connectivity index (χ0n) is 9.01. The van der Waals surface area contributed by atoms with Crippen molar-refractivity contribution in [2.75, 3.05) is 13.7 Å². The van der Waals surface area contributed by atoms with E-state index in [1.54, 1.807) is 11.6 Å². The van der Waals surface area contributed by atoms with Crippen LogP contribution in [0.1, 0.15) is 10.5 Å². The molecule has 0 bridgehead atoms. The van der Waals surface area contributed by atoms with Crippen molar-refractivity contribution in [3.8, 4) is 0 Å².